The Hall–Kier alpha value is -1.84. The molecule has 1 aliphatic carbocycles. The second-order valence-corrected chi connectivity index (χ2v) is 5.73. The van der Waals surface area contributed by atoms with Crippen LogP contribution in [0.3, 0.4) is 0 Å². The van der Waals surface area contributed by atoms with Gasteiger partial charge in [-0.05, 0) is 24.0 Å². The van der Waals surface area contributed by atoms with Gasteiger partial charge in [-0.15, -0.1) is 0 Å². The third-order valence-electron chi connectivity index (χ3n) is 4.29. The van der Waals surface area contributed by atoms with Crippen molar-refractivity contribution < 1.29 is 4.52 Å². The van der Waals surface area contributed by atoms with Crippen molar-refractivity contribution in [3.63, 3.8) is 0 Å². The van der Waals surface area contributed by atoms with Crippen LogP contribution in [-0.4, -0.2) is 16.7 Å². The number of rotatable bonds is 3. The van der Waals surface area contributed by atoms with Crippen LogP contribution in [0, 0.1) is 5.92 Å². The number of hydrogen-bond acceptors (Lipinski definition) is 4. The molecule has 3 unspecified atom stereocenters. The van der Waals surface area contributed by atoms with Gasteiger partial charge in [0.05, 0.1) is 0 Å². The number of nitrogens with one attached hydrogen (secondary N) is 1. The molecule has 0 spiro atoms. The quantitative estimate of drug-likeness (QED) is 0.916. The highest BCUT2D eigenvalue weighted by atomic mass is 16.5. The minimum absolute atomic E-state index is 0.445. The molecular weight excluding hydrogens is 238 g/mol. The van der Waals surface area contributed by atoms with Crippen molar-refractivity contribution in [1.29, 1.82) is 0 Å². The van der Waals surface area contributed by atoms with E-state index in [0.29, 0.717) is 11.8 Å². The maximum atomic E-state index is 5.40. The van der Waals surface area contributed by atoms with Crippen LogP contribution in [0.5, 0.6) is 0 Å². The normalized spacial score (nSPS) is 27.9. The maximum Gasteiger partial charge on any atom is 0.227 e. The van der Waals surface area contributed by atoms with Gasteiger partial charge in [0.15, 0.2) is 5.82 Å². The predicted molar refractivity (Wildman–Crippen MR) is 72.2 cm³/mol. The van der Waals surface area contributed by atoms with E-state index in [2.05, 4.69) is 46.6 Å². The Morgan fingerprint density at radius 1 is 1.37 bits per heavy atom. The van der Waals surface area contributed by atoms with E-state index in [9.17, 15) is 0 Å². The topological polar surface area (TPSA) is 51.0 Å². The Morgan fingerprint density at radius 3 is 3.05 bits per heavy atom. The fourth-order valence-electron chi connectivity index (χ4n) is 2.93. The summed E-state index contributed by atoms with van der Waals surface area (Å²) in [7, 11) is 0. The first-order valence-corrected chi connectivity index (χ1v) is 6.96. The lowest BCUT2D eigenvalue weighted by Crippen LogP contribution is -2.05. The molecule has 0 radical (unpaired) electrons. The molecule has 4 nitrogen and oxygen atoms in total. The second kappa shape index (κ2) is 4.08. The van der Waals surface area contributed by atoms with Gasteiger partial charge in [0.25, 0.3) is 0 Å². The van der Waals surface area contributed by atoms with Crippen molar-refractivity contribution in [1.82, 2.24) is 10.1 Å². The zero-order chi connectivity index (χ0) is 12.8. The molecule has 3 atom stereocenters. The zero-order valence-corrected chi connectivity index (χ0v) is 11.0. The molecule has 1 aromatic carbocycles. The summed E-state index contributed by atoms with van der Waals surface area (Å²) in [4.78, 5) is 4.55. The molecule has 98 valence electrons. The van der Waals surface area contributed by atoms with E-state index in [-0.39, 0.29) is 0 Å². The molecule has 1 saturated carbocycles. The molecule has 1 aliphatic heterocycles. The van der Waals surface area contributed by atoms with E-state index in [1.807, 2.05) is 0 Å². The summed E-state index contributed by atoms with van der Waals surface area (Å²) in [5.74, 6) is 3.38. The Morgan fingerprint density at radius 2 is 2.21 bits per heavy atom. The fourth-order valence-corrected chi connectivity index (χ4v) is 2.93. The van der Waals surface area contributed by atoms with Crippen LogP contribution in [-0.2, 0) is 6.42 Å². The molecule has 4 rings (SSSR count). The van der Waals surface area contributed by atoms with Gasteiger partial charge in [0.2, 0.25) is 5.89 Å². The van der Waals surface area contributed by atoms with Crippen LogP contribution in [0.1, 0.15) is 42.5 Å². The summed E-state index contributed by atoms with van der Waals surface area (Å²) in [5, 5.41) is 7.55. The smallest absolute Gasteiger partial charge is 0.227 e. The Balaban J connectivity index is 1.52. The van der Waals surface area contributed by atoms with Gasteiger partial charge < -0.3 is 9.84 Å². The summed E-state index contributed by atoms with van der Waals surface area (Å²) in [6.07, 6.45) is 2.03. The lowest BCUT2D eigenvalue weighted by Gasteiger charge is -2.05. The molecule has 2 aliphatic rings. The van der Waals surface area contributed by atoms with Crippen LogP contribution in [0.4, 0.5) is 5.69 Å². The van der Waals surface area contributed by atoms with Crippen molar-refractivity contribution in [3.05, 3.63) is 41.5 Å². The van der Waals surface area contributed by atoms with Gasteiger partial charge in [0.1, 0.15) is 0 Å². The molecule has 0 bridgehead atoms. The van der Waals surface area contributed by atoms with Crippen LogP contribution < -0.4 is 5.32 Å². The average molecular weight is 255 g/mol. The Labute approximate surface area is 112 Å². The number of aromatic nitrogens is 2. The van der Waals surface area contributed by atoms with Crippen LogP contribution in [0.15, 0.2) is 28.8 Å². The minimum atomic E-state index is 0.445. The third-order valence-corrected chi connectivity index (χ3v) is 4.29. The van der Waals surface area contributed by atoms with E-state index < -0.39 is 0 Å². The fraction of sp³-hybridized carbons (Fsp3) is 0.467. The van der Waals surface area contributed by atoms with Crippen molar-refractivity contribution in [3.8, 4) is 0 Å². The van der Waals surface area contributed by atoms with E-state index in [1.165, 1.54) is 17.7 Å². The van der Waals surface area contributed by atoms with Gasteiger partial charge in [-0.3, -0.25) is 0 Å². The number of anilines is 1. The van der Waals surface area contributed by atoms with Crippen molar-refractivity contribution >= 4 is 5.69 Å². The summed E-state index contributed by atoms with van der Waals surface area (Å²) in [5.41, 5.74) is 2.60. The van der Waals surface area contributed by atoms with Crippen molar-refractivity contribution in [2.45, 2.75) is 31.6 Å². The molecule has 19 heavy (non-hydrogen) atoms. The molecule has 1 N–H and O–H groups in total. The van der Waals surface area contributed by atoms with Crippen LogP contribution in [0.2, 0.25) is 0 Å². The Kier molecular flexibility index (Phi) is 2.37. The average Bonchev–Trinajstić information content (AvgIpc) is 2.87. The first-order chi connectivity index (χ1) is 9.31. The zero-order valence-electron chi connectivity index (χ0n) is 11.0. The maximum absolute atomic E-state index is 5.40. The minimum Gasteiger partial charge on any atom is -0.384 e. The lowest BCUT2D eigenvalue weighted by molar-refractivity contribution is 0.366. The molecule has 0 amide bonds. The first kappa shape index (κ1) is 11.0. The molecule has 4 heteroatoms. The number of fused-ring (bicyclic) bond motifs is 1. The number of nitrogens with zero attached hydrogens (tertiary/aromatic N) is 2. The highest BCUT2D eigenvalue weighted by molar-refractivity contribution is 5.57. The summed E-state index contributed by atoms with van der Waals surface area (Å²) in [6.45, 7) is 3.19. The van der Waals surface area contributed by atoms with E-state index in [0.717, 1.165) is 30.6 Å². The van der Waals surface area contributed by atoms with Crippen molar-refractivity contribution in [2.75, 3.05) is 11.9 Å². The highest BCUT2D eigenvalue weighted by Crippen LogP contribution is 2.45. The second-order valence-electron chi connectivity index (χ2n) is 5.73. The largest absolute Gasteiger partial charge is 0.384 e. The van der Waals surface area contributed by atoms with E-state index in [4.69, 9.17) is 4.52 Å². The number of benzene rings is 1. The van der Waals surface area contributed by atoms with Gasteiger partial charge in [0, 0.05) is 30.5 Å². The molecule has 2 aromatic rings. The predicted octanol–water partition coefficient (Wildman–Crippen LogP) is 2.94. The number of para-hydroxylation sites is 1. The standard InChI is InChI=1S/C15H17N3O/c1-9-6-12(9)15-17-14(19-18-15)7-10-8-16-13-5-3-2-4-11(10)13/h2-5,9-10,12,16H,6-8H2,1H3. The molecule has 2 heterocycles. The summed E-state index contributed by atoms with van der Waals surface area (Å²) in [6, 6.07) is 8.46. The summed E-state index contributed by atoms with van der Waals surface area (Å²) >= 11 is 0. The van der Waals surface area contributed by atoms with Crippen LogP contribution in [0.25, 0.3) is 0 Å². The first-order valence-electron chi connectivity index (χ1n) is 6.96. The molecule has 0 saturated heterocycles. The molecule has 1 fully saturated rings. The van der Waals surface area contributed by atoms with Gasteiger partial charge in [-0.2, -0.15) is 4.98 Å². The monoisotopic (exact) mass is 255 g/mol. The van der Waals surface area contributed by atoms with E-state index >= 15 is 0 Å². The van der Waals surface area contributed by atoms with Crippen LogP contribution >= 0.6 is 0 Å². The molecular formula is C15H17N3O. The molecule has 1 aromatic heterocycles. The van der Waals surface area contributed by atoms with E-state index in [1.54, 1.807) is 0 Å². The van der Waals surface area contributed by atoms with Gasteiger partial charge in [-0.25, -0.2) is 0 Å². The SMILES string of the molecule is CC1CC1c1noc(CC2CNc3ccccc32)n1. The van der Waals surface area contributed by atoms with Crippen molar-refractivity contribution in [2.24, 2.45) is 5.92 Å². The Bertz CT molecular complexity index is 607. The van der Waals surface area contributed by atoms with Gasteiger partial charge >= 0.3 is 0 Å². The van der Waals surface area contributed by atoms with Gasteiger partial charge in [-0.1, -0.05) is 30.3 Å². The lowest BCUT2D eigenvalue weighted by atomic mass is 9.98. The summed E-state index contributed by atoms with van der Waals surface area (Å²) < 4.78 is 5.40. The highest BCUT2D eigenvalue weighted by Gasteiger charge is 2.38. The number of hydrogen-bond donors (Lipinski definition) is 1. The third kappa shape index (κ3) is 1.91.